The van der Waals surface area contributed by atoms with Gasteiger partial charge in [-0.15, -0.1) is 0 Å². The predicted octanol–water partition coefficient (Wildman–Crippen LogP) is 4.14. The Balaban J connectivity index is 1.92. The van der Waals surface area contributed by atoms with E-state index in [1.807, 2.05) is 18.2 Å². The molecule has 1 N–H and O–H groups in total. The molecule has 5 heteroatoms. The smallest absolute Gasteiger partial charge is 0.271 e. The van der Waals surface area contributed by atoms with Crippen LogP contribution in [0.5, 0.6) is 5.75 Å². The molecule has 0 unspecified atom stereocenters. The molecule has 0 saturated heterocycles. The summed E-state index contributed by atoms with van der Waals surface area (Å²) in [5.41, 5.74) is 3.73. The summed E-state index contributed by atoms with van der Waals surface area (Å²) in [4.78, 5) is 12.0. The highest BCUT2D eigenvalue weighted by atomic mass is 35.5. The average Bonchev–Trinajstić information content (AvgIpc) is 2.55. The molecule has 4 nitrogen and oxygen atoms in total. The van der Waals surface area contributed by atoms with Crippen molar-refractivity contribution in [2.24, 2.45) is 11.0 Å². The largest absolute Gasteiger partial charge is 0.493 e. The van der Waals surface area contributed by atoms with Gasteiger partial charge in [0.15, 0.2) is 0 Å². The Kier molecular flexibility index (Phi) is 6.18. The first kappa shape index (κ1) is 17.0. The van der Waals surface area contributed by atoms with Gasteiger partial charge < -0.3 is 4.74 Å². The second kappa shape index (κ2) is 8.34. The summed E-state index contributed by atoms with van der Waals surface area (Å²) in [7, 11) is 0. The van der Waals surface area contributed by atoms with E-state index in [0.29, 0.717) is 23.1 Å². The van der Waals surface area contributed by atoms with Gasteiger partial charge in [-0.05, 0) is 36.2 Å². The minimum absolute atomic E-state index is 0.288. The highest BCUT2D eigenvalue weighted by Gasteiger charge is 2.05. The first-order chi connectivity index (χ1) is 11.1. The zero-order valence-electron chi connectivity index (χ0n) is 13.1. The maximum absolute atomic E-state index is 12.0. The van der Waals surface area contributed by atoms with Gasteiger partial charge in [-0.1, -0.05) is 43.6 Å². The molecule has 0 saturated carbocycles. The van der Waals surface area contributed by atoms with Gasteiger partial charge in [0, 0.05) is 16.1 Å². The van der Waals surface area contributed by atoms with Gasteiger partial charge in [-0.25, -0.2) is 5.43 Å². The molecule has 0 spiro atoms. The number of amides is 1. The molecule has 0 aromatic heterocycles. The molecular weight excluding hydrogens is 312 g/mol. The number of nitrogens with one attached hydrogen (secondary N) is 1. The van der Waals surface area contributed by atoms with Crippen molar-refractivity contribution in [1.82, 2.24) is 5.43 Å². The fourth-order valence-corrected chi connectivity index (χ4v) is 1.95. The summed E-state index contributed by atoms with van der Waals surface area (Å²) >= 11 is 6.01. The summed E-state index contributed by atoms with van der Waals surface area (Å²) in [5, 5.41) is 4.50. The van der Waals surface area contributed by atoms with Crippen molar-refractivity contribution < 1.29 is 9.53 Å². The Morgan fingerprint density at radius 3 is 2.57 bits per heavy atom. The van der Waals surface area contributed by atoms with Crippen LogP contribution in [0.15, 0.2) is 53.6 Å². The SMILES string of the molecule is CC(C)COc1ccc(C(=O)N/N=C/c2ccccc2Cl)cc1. The molecule has 0 aliphatic carbocycles. The average molecular weight is 331 g/mol. The lowest BCUT2D eigenvalue weighted by molar-refractivity contribution is 0.0955. The Labute approximate surface area is 141 Å². The van der Waals surface area contributed by atoms with Crippen LogP contribution in [0.3, 0.4) is 0 Å². The molecule has 2 rings (SSSR count). The quantitative estimate of drug-likeness (QED) is 0.639. The van der Waals surface area contributed by atoms with Crippen molar-refractivity contribution in [2.45, 2.75) is 13.8 Å². The number of ether oxygens (including phenoxy) is 1. The monoisotopic (exact) mass is 330 g/mol. The molecule has 2 aromatic carbocycles. The van der Waals surface area contributed by atoms with E-state index in [9.17, 15) is 4.79 Å². The lowest BCUT2D eigenvalue weighted by Crippen LogP contribution is -2.17. The third-order valence-electron chi connectivity index (χ3n) is 2.97. The van der Waals surface area contributed by atoms with Gasteiger partial charge >= 0.3 is 0 Å². The number of benzene rings is 2. The number of carbonyl (C=O) groups excluding carboxylic acids is 1. The molecule has 0 heterocycles. The third kappa shape index (κ3) is 5.42. The summed E-state index contributed by atoms with van der Waals surface area (Å²) in [6.07, 6.45) is 1.51. The van der Waals surface area contributed by atoms with Crippen molar-refractivity contribution in [3.05, 3.63) is 64.7 Å². The highest BCUT2D eigenvalue weighted by Crippen LogP contribution is 2.14. The fraction of sp³-hybridized carbons (Fsp3) is 0.222. The molecular formula is C18H19ClN2O2. The van der Waals surface area contributed by atoms with Crippen LogP contribution in [0.25, 0.3) is 0 Å². The van der Waals surface area contributed by atoms with Crippen molar-refractivity contribution in [1.29, 1.82) is 0 Å². The van der Waals surface area contributed by atoms with E-state index in [2.05, 4.69) is 24.4 Å². The summed E-state index contributed by atoms with van der Waals surface area (Å²) in [5.74, 6) is 0.913. The molecule has 0 atom stereocenters. The Hall–Kier alpha value is -2.33. The molecule has 0 aliphatic heterocycles. The van der Waals surface area contributed by atoms with Crippen molar-refractivity contribution in [3.63, 3.8) is 0 Å². The van der Waals surface area contributed by atoms with Crippen LogP contribution in [0.1, 0.15) is 29.8 Å². The molecule has 23 heavy (non-hydrogen) atoms. The Morgan fingerprint density at radius 2 is 1.91 bits per heavy atom. The topological polar surface area (TPSA) is 50.7 Å². The first-order valence-corrected chi connectivity index (χ1v) is 7.75. The van der Waals surface area contributed by atoms with E-state index < -0.39 is 0 Å². The predicted molar refractivity (Wildman–Crippen MR) is 93.3 cm³/mol. The minimum atomic E-state index is -0.288. The number of nitrogens with zero attached hydrogens (tertiary/aromatic N) is 1. The minimum Gasteiger partial charge on any atom is -0.493 e. The number of hydrogen-bond acceptors (Lipinski definition) is 3. The van der Waals surface area contributed by atoms with Crippen LogP contribution >= 0.6 is 11.6 Å². The standard InChI is InChI=1S/C18H19ClN2O2/c1-13(2)12-23-16-9-7-14(8-10-16)18(22)21-20-11-15-5-3-4-6-17(15)19/h3-11,13H,12H2,1-2H3,(H,21,22)/b20-11+. The lowest BCUT2D eigenvalue weighted by atomic mass is 10.2. The van der Waals surface area contributed by atoms with Gasteiger partial charge in [0.2, 0.25) is 0 Å². The fourth-order valence-electron chi connectivity index (χ4n) is 1.77. The van der Waals surface area contributed by atoms with Crippen LogP contribution in [-0.4, -0.2) is 18.7 Å². The number of hydrogen-bond donors (Lipinski definition) is 1. The van der Waals surface area contributed by atoms with E-state index in [4.69, 9.17) is 16.3 Å². The van der Waals surface area contributed by atoms with E-state index in [-0.39, 0.29) is 5.91 Å². The molecule has 0 bridgehead atoms. The van der Waals surface area contributed by atoms with Crippen LogP contribution in [0, 0.1) is 5.92 Å². The zero-order chi connectivity index (χ0) is 16.7. The summed E-state index contributed by atoms with van der Waals surface area (Å²) in [6.45, 7) is 4.81. The second-order valence-corrected chi connectivity index (χ2v) is 5.86. The van der Waals surface area contributed by atoms with Gasteiger partial charge in [0.1, 0.15) is 5.75 Å². The van der Waals surface area contributed by atoms with E-state index >= 15 is 0 Å². The van der Waals surface area contributed by atoms with Crippen LogP contribution in [-0.2, 0) is 0 Å². The first-order valence-electron chi connectivity index (χ1n) is 7.37. The maximum Gasteiger partial charge on any atom is 0.271 e. The van der Waals surface area contributed by atoms with Gasteiger partial charge in [0.25, 0.3) is 5.91 Å². The summed E-state index contributed by atoms with van der Waals surface area (Å²) < 4.78 is 5.58. The van der Waals surface area contributed by atoms with Gasteiger partial charge in [0.05, 0.1) is 12.8 Å². The van der Waals surface area contributed by atoms with Crippen LogP contribution in [0.4, 0.5) is 0 Å². The molecule has 1 amide bonds. The lowest BCUT2D eigenvalue weighted by Gasteiger charge is -2.08. The molecule has 0 fully saturated rings. The number of hydrazone groups is 1. The maximum atomic E-state index is 12.0. The number of rotatable bonds is 6. The molecule has 120 valence electrons. The van der Waals surface area contributed by atoms with E-state index in [0.717, 1.165) is 11.3 Å². The molecule has 0 radical (unpaired) electrons. The van der Waals surface area contributed by atoms with Crippen molar-refractivity contribution in [3.8, 4) is 5.75 Å². The Morgan fingerprint density at radius 1 is 1.22 bits per heavy atom. The van der Waals surface area contributed by atoms with Crippen LogP contribution in [0.2, 0.25) is 5.02 Å². The van der Waals surface area contributed by atoms with Gasteiger partial charge in [-0.3, -0.25) is 4.79 Å². The van der Waals surface area contributed by atoms with E-state index in [1.54, 1.807) is 30.3 Å². The van der Waals surface area contributed by atoms with Gasteiger partial charge in [-0.2, -0.15) is 5.10 Å². The number of halogens is 1. The highest BCUT2D eigenvalue weighted by molar-refractivity contribution is 6.33. The Bertz CT molecular complexity index is 682. The summed E-state index contributed by atoms with van der Waals surface area (Å²) in [6, 6.07) is 14.2. The third-order valence-corrected chi connectivity index (χ3v) is 3.32. The molecule has 2 aromatic rings. The van der Waals surface area contributed by atoms with Crippen molar-refractivity contribution in [2.75, 3.05) is 6.61 Å². The number of carbonyl (C=O) groups is 1. The second-order valence-electron chi connectivity index (χ2n) is 5.45. The molecule has 0 aliphatic rings. The van der Waals surface area contributed by atoms with Crippen LogP contribution < -0.4 is 10.2 Å². The van der Waals surface area contributed by atoms with E-state index in [1.165, 1.54) is 6.21 Å². The normalized spacial score (nSPS) is 11.0. The van der Waals surface area contributed by atoms with Crippen molar-refractivity contribution >= 4 is 23.7 Å². The zero-order valence-corrected chi connectivity index (χ0v) is 13.9.